The van der Waals surface area contributed by atoms with Crippen LogP contribution in [-0.2, 0) is 6.18 Å². The second-order valence-corrected chi connectivity index (χ2v) is 6.48. The van der Waals surface area contributed by atoms with Gasteiger partial charge in [0.1, 0.15) is 0 Å². The number of nitrogens with one attached hydrogen (secondary N) is 2. The van der Waals surface area contributed by atoms with E-state index in [-0.39, 0.29) is 21.9 Å². The van der Waals surface area contributed by atoms with Crippen molar-refractivity contribution in [3.05, 3.63) is 64.2 Å². The second kappa shape index (κ2) is 8.06. The third-order valence-electron chi connectivity index (χ3n) is 3.72. The molecule has 0 saturated carbocycles. The molecule has 0 aromatic heterocycles. The van der Waals surface area contributed by atoms with Gasteiger partial charge in [-0.2, -0.15) is 13.2 Å². The molecule has 0 fully saturated rings. The van der Waals surface area contributed by atoms with E-state index in [4.69, 9.17) is 23.8 Å². The smallest absolute Gasteiger partial charge is 0.356 e. The monoisotopic (exact) mass is 386 g/mol. The molecule has 0 aliphatic heterocycles. The fraction of sp³-hybridized carbons (Fsp3) is 0.278. The van der Waals surface area contributed by atoms with Crippen molar-refractivity contribution in [1.29, 1.82) is 0 Å². The third kappa shape index (κ3) is 5.34. The standard InChI is InChI=1S/C18H18ClF3N2S/c1-3-16(12-6-4-11(2)5-7-12)24-17(25)23-13-8-9-15(19)14(10-13)18(20,21)22/h4-10,16H,3H2,1-2H3,(H2,23,24,25). The van der Waals surface area contributed by atoms with E-state index in [2.05, 4.69) is 10.6 Å². The Morgan fingerprint density at radius 2 is 1.80 bits per heavy atom. The lowest BCUT2D eigenvalue weighted by molar-refractivity contribution is -0.137. The fourth-order valence-electron chi connectivity index (χ4n) is 2.37. The average molecular weight is 387 g/mol. The van der Waals surface area contributed by atoms with Crippen molar-refractivity contribution < 1.29 is 13.2 Å². The van der Waals surface area contributed by atoms with Crippen LogP contribution in [0.25, 0.3) is 0 Å². The van der Waals surface area contributed by atoms with Gasteiger partial charge in [-0.1, -0.05) is 48.4 Å². The lowest BCUT2D eigenvalue weighted by Gasteiger charge is -2.20. The van der Waals surface area contributed by atoms with Crippen molar-refractivity contribution in [2.45, 2.75) is 32.5 Å². The van der Waals surface area contributed by atoms with Gasteiger partial charge in [-0.3, -0.25) is 0 Å². The molecule has 0 saturated heterocycles. The highest BCUT2D eigenvalue weighted by molar-refractivity contribution is 7.80. The molecule has 0 aliphatic carbocycles. The third-order valence-corrected chi connectivity index (χ3v) is 4.27. The molecule has 134 valence electrons. The van der Waals surface area contributed by atoms with Crippen LogP contribution in [-0.4, -0.2) is 5.11 Å². The molecule has 2 aromatic carbocycles. The van der Waals surface area contributed by atoms with Gasteiger partial charge in [-0.05, 0) is 49.3 Å². The Hall–Kier alpha value is -1.79. The van der Waals surface area contributed by atoms with E-state index in [0.717, 1.165) is 23.6 Å². The fourth-order valence-corrected chi connectivity index (χ4v) is 2.85. The van der Waals surface area contributed by atoms with Gasteiger partial charge in [0.05, 0.1) is 16.6 Å². The highest BCUT2D eigenvalue weighted by atomic mass is 35.5. The van der Waals surface area contributed by atoms with E-state index >= 15 is 0 Å². The van der Waals surface area contributed by atoms with Crippen molar-refractivity contribution in [3.63, 3.8) is 0 Å². The SMILES string of the molecule is CCC(NC(=S)Nc1ccc(Cl)c(C(F)(F)F)c1)c1ccc(C)cc1. The van der Waals surface area contributed by atoms with E-state index in [1.807, 2.05) is 38.1 Å². The maximum Gasteiger partial charge on any atom is 0.417 e. The minimum absolute atomic E-state index is 0.0324. The predicted molar refractivity (Wildman–Crippen MR) is 100 cm³/mol. The zero-order chi connectivity index (χ0) is 18.6. The molecule has 2 nitrogen and oxygen atoms in total. The van der Waals surface area contributed by atoms with Crippen molar-refractivity contribution in [2.24, 2.45) is 0 Å². The molecular formula is C18H18ClF3N2S. The van der Waals surface area contributed by atoms with Gasteiger partial charge in [0, 0.05) is 5.69 Å². The van der Waals surface area contributed by atoms with Crippen molar-refractivity contribution >= 4 is 34.6 Å². The van der Waals surface area contributed by atoms with Gasteiger partial charge in [-0.25, -0.2) is 0 Å². The van der Waals surface area contributed by atoms with Crippen molar-refractivity contribution in [1.82, 2.24) is 5.32 Å². The summed E-state index contributed by atoms with van der Waals surface area (Å²) >= 11 is 10.9. The van der Waals surface area contributed by atoms with E-state index in [0.29, 0.717) is 0 Å². The first-order chi connectivity index (χ1) is 11.7. The van der Waals surface area contributed by atoms with Crippen LogP contribution in [0.15, 0.2) is 42.5 Å². The summed E-state index contributed by atoms with van der Waals surface area (Å²) in [7, 11) is 0. The number of alkyl halides is 3. The van der Waals surface area contributed by atoms with Crippen LogP contribution in [0.3, 0.4) is 0 Å². The van der Waals surface area contributed by atoms with Crippen LogP contribution >= 0.6 is 23.8 Å². The summed E-state index contributed by atoms with van der Waals surface area (Å²) in [5.41, 5.74) is 1.55. The predicted octanol–water partition coefficient (Wildman–Crippen LogP) is 6.10. The quantitative estimate of drug-likeness (QED) is 0.620. The molecule has 0 heterocycles. The van der Waals surface area contributed by atoms with Gasteiger partial charge < -0.3 is 10.6 Å². The summed E-state index contributed by atoms with van der Waals surface area (Å²) in [5, 5.41) is 5.83. The molecule has 0 spiro atoms. The van der Waals surface area contributed by atoms with E-state index < -0.39 is 11.7 Å². The first kappa shape index (κ1) is 19.5. The average Bonchev–Trinajstić information content (AvgIpc) is 2.54. The molecule has 0 aliphatic rings. The lowest BCUT2D eigenvalue weighted by atomic mass is 10.0. The summed E-state index contributed by atoms with van der Waals surface area (Å²) < 4.78 is 38.8. The zero-order valence-corrected chi connectivity index (χ0v) is 15.3. The minimum Gasteiger partial charge on any atom is -0.356 e. The van der Waals surface area contributed by atoms with E-state index in [1.165, 1.54) is 12.1 Å². The number of benzene rings is 2. The lowest BCUT2D eigenvalue weighted by Crippen LogP contribution is -2.32. The van der Waals surface area contributed by atoms with Gasteiger partial charge in [0.2, 0.25) is 0 Å². The van der Waals surface area contributed by atoms with Gasteiger partial charge in [0.25, 0.3) is 0 Å². The van der Waals surface area contributed by atoms with Gasteiger partial charge in [-0.15, -0.1) is 0 Å². The van der Waals surface area contributed by atoms with Crippen molar-refractivity contribution in [2.75, 3.05) is 5.32 Å². The summed E-state index contributed by atoms with van der Waals surface area (Å²) in [6.45, 7) is 4.01. The van der Waals surface area contributed by atoms with Crippen LogP contribution in [0.5, 0.6) is 0 Å². The highest BCUT2D eigenvalue weighted by Crippen LogP contribution is 2.36. The summed E-state index contributed by atoms with van der Waals surface area (Å²) in [5.74, 6) is 0. The Bertz CT molecular complexity index is 745. The number of thiocarbonyl (C=S) groups is 1. The number of halogens is 4. The summed E-state index contributed by atoms with van der Waals surface area (Å²) in [6.07, 6.45) is -3.74. The molecular weight excluding hydrogens is 369 g/mol. The first-order valence-corrected chi connectivity index (χ1v) is 8.50. The Labute approximate surface area is 155 Å². The highest BCUT2D eigenvalue weighted by Gasteiger charge is 2.33. The van der Waals surface area contributed by atoms with Crippen molar-refractivity contribution in [3.8, 4) is 0 Å². The Morgan fingerprint density at radius 3 is 2.36 bits per heavy atom. The van der Waals surface area contributed by atoms with Crippen LogP contribution in [0.4, 0.5) is 18.9 Å². The van der Waals surface area contributed by atoms with Gasteiger partial charge in [0.15, 0.2) is 5.11 Å². The van der Waals surface area contributed by atoms with Crippen LogP contribution in [0, 0.1) is 6.92 Å². The number of hydrogen-bond acceptors (Lipinski definition) is 1. The molecule has 7 heteroatoms. The maximum absolute atomic E-state index is 12.9. The Morgan fingerprint density at radius 1 is 1.16 bits per heavy atom. The number of anilines is 1. The molecule has 1 atom stereocenters. The molecule has 2 N–H and O–H groups in total. The molecule has 2 aromatic rings. The Balaban J connectivity index is 2.10. The van der Waals surface area contributed by atoms with Crippen LogP contribution in [0.2, 0.25) is 5.02 Å². The maximum atomic E-state index is 12.9. The van der Waals surface area contributed by atoms with E-state index in [9.17, 15) is 13.2 Å². The van der Waals surface area contributed by atoms with Gasteiger partial charge >= 0.3 is 6.18 Å². The second-order valence-electron chi connectivity index (χ2n) is 5.66. The number of aryl methyl sites for hydroxylation is 1. The Kier molecular flexibility index (Phi) is 6.30. The number of rotatable bonds is 4. The minimum atomic E-state index is -4.52. The first-order valence-electron chi connectivity index (χ1n) is 7.71. The summed E-state index contributed by atoms with van der Waals surface area (Å²) in [6, 6.07) is 11.6. The molecule has 25 heavy (non-hydrogen) atoms. The normalized spacial score (nSPS) is 12.6. The number of hydrogen-bond donors (Lipinski definition) is 2. The topological polar surface area (TPSA) is 24.1 Å². The van der Waals surface area contributed by atoms with E-state index in [1.54, 1.807) is 0 Å². The largest absolute Gasteiger partial charge is 0.417 e. The molecule has 1 unspecified atom stereocenters. The molecule has 2 rings (SSSR count). The van der Waals surface area contributed by atoms with Crippen LogP contribution < -0.4 is 10.6 Å². The molecule has 0 radical (unpaired) electrons. The molecule has 0 bridgehead atoms. The van der Waals surface area contributed by atoms with Crippen LogP contribution in [0.1, 0.15) is 36.1 Å². The summed E-state index contributed by atoms with van der Waals surface area (Å²) in [4.78, 5) is 0. The zero-order valence-electron chi connectivity index (χ0n) is 13.7. The molecule has 0 amide bonds.